The lowest BCUT2D eigenvalue weighted by molar-refractivity contribution is -0.384. The molecule has 2 fully saturated rings. The number of aromatic nitrogens is 1. The predicted octanol–water partition coefficient (Wildman–Crippen LogP) is 3.09. The Morgan fingerprint density at radius 2 is 1.69 bits per heavy atom. The van der Waals surface area contributed by atoms with Crippen LogP contribution in [0.1, 0.15) is 12.8 Å². The molecular formula is C23H24FN5O5S2. The minimum atomic E-state index is -3.72. The maximum Gasteiger partial charge on any atom is 0.270 e. The van der Waals surface area contributed by atoms with Crippen molar-refractivity contribution in [3.05, 3.63) is 58.4 Å². The van der Waals surface area contributed by atoms with Gasteiger partial charge < -0.3 is 9.80 Å². The Balaban J connectivity index is 1.16. The Kier molecular flexibility index (Phi) is 6.62. The van der Waals surface area contributed by atoms with Gasteiger partial charge in [-0.25, -0.2) is 17.8 Å². The number of nitrogens with zero attached hydrogens (tertiary/aromatic N) is 5. The SMILES string of the molecule is O=C(C1CCN(S(=O)(=O)c2ccc(F)cc2)CC1)N1CCN(c2nc3ccc([N+](=O)[O-])cc3s2)CC1. The standard InChI is InChI=1S/C23H24FN5O5S2/c24-17-1-4-19(5-2-17)36(33,34)28-9-7-16(8-10-28)22(30)26-11-13-27(14-12-26)23-25-20-6-3-18(29(31)32)15-21(20)35-23/h1-6,15-16H,7-14H2. The smallest absolute Gasteiger partial charge is 0.270 e. The van der Waals surface area contributed by atoms with E-state index in [-0.39, 0.29) is 35.5 Å². The van der Waals surface area contributed by atoms with E-state index in [0.717, 1.165) is 22.0 Å². The van der Waals surface area contributed by atoms with Gasteiger partial charge in [-0.1, -0.05) is 11.3 Å². The van der Waals surface area contributed by atoms with Crippen molar-refractivity contribution >= 4 is 48.3 Å². The number of fused-ring (bicyclic) bond motifs is 1. The van der Waals surface area contributed by atoms with Crippen molar-refractivity contribution in [3.63, 3.8) is 0 Å². The maximum atomic E-state index is 13.2. The number of sulfonamides is 1. The molecule has 0 radical (unpaired) electrons. The molecule has 2 aliphatic heterocycles. The van der Waals surface area contributed by atoms with E-state index in [2.05, 4.69) is 9.88 Å². The number of halogens is 1. The highest BCUT2D eigenvalue weighted by Crippen LogP contribution is 2.32. The van der Waals surface area contributed by atoms with E-state index in [4.69, 9.17) is 0 Å². The molecule has 2 aromatic carbocycles. The lowest BCUT2D eigenvalue weighted by Crippen LogP contribution is -2.52. The Hall–Kier alpha value is -3.16. The van der Waals surface area contributed by atoms with Crippen LogP contribution in [0, 0.1) is 21.8 Å². The Morgan fingerprint density at radius 1 is 1.03 bits per heavy atom. The molecule has 36 heavy (non-hydrogen) atoms. The number of hydrogen-bond acceptors (Lipinski definition) is 8. The zero-order valence-electron chi connectivity index (χ0n) is 19.2. The summed E-state index contributed by atoms with van der Waals surface area (Å²) in [4.78, 5) is 32.3. The fourth-order valence-corrected chi connectivity index (χ4v) is 7.15. The van der Waals surface area contributed by atoms with Gasteiger partial charge in [-0.15, -0.1) is 0 Å². The van der Waals surface area contributed by atoms with E-state index in [1.54, 1.807) is 6.07 Å². The Labute approximate surface area is 211 Å². The number of benzene rings is 2. The van der Waals surface area contributed by atoms with Gasteiger partial charge in [0.2, 0.25) is 15.9 Å². The third kappa shape index (κ3) is 4.77. The fraction of sp³-hybridized carbons (Fsp3) is 0.391. The largest absolute Gasteiger partial charge is 0.345 e. The molecule has 0 saturated carbocycles. The number of rotatable bonds is 5. The number of piperidine rings is 1. The van der Waals surface area contributed by atoms with Crippen LogP contribution in [0.2, 0.25) is 0 Å². The first-order valence-corrected chi connectivity index (χ1v) is 13.8. The summed E-state index contributed by atoms with van der Waals surface area (Å²) >= 11 is 1.40. The summed E-state index contributed by atoms with van der Waals surface area (Å²) in [6.45, 7) is 2.75. The molecule has 10 nitrogen and oxygen atoms in total. The lowest BCUT2D eigenvalue weighted by atomic mass is 9.96. The summed E-state index contributed by atoms with van der Waals surface area (Å²) in [5.41, 5.74) is 0.742. The highest BCUT2D eigenvalue weighted by molar-refractivity contribution is 7.89. The van der Waals surface area contributed by atoms with Crippen molar-refractivity contribution in [1.82, 2.24) is 14.2 Å². The first kappa shape index (κ1) is 24.5. The zero-order chi connectivity index (χ0) is 25.4. The van der Waals surface area contributed by atoms with Crippen LogP contribution < -0.4 is 4.90 Å². The average molecular weight is 534 g/mol. The second-order valence-corrected chi connectivity index (χ2v) is 11.8. The number of carbonyl (C=O) groups is 1. The van der Waals surface area contributed by atoms with Crippen LogP contribution in [-0.2, 0) is 14.8 Å². The molecule has 0 aliphatic carbocycles. The number of non-ortho nitro benzene ring substituents is 1. The summed E-state index contributed by atoms with van der Waals surface area (Å²) in [5, 5.41) is 11.8. The summed E-state index contributed by atoms with van der Waals surface area (Å²) in [7, 11) is -3.72. The van der Waals surface area contributed by atoms with Gasteiger partial charge in [0.25, 0.3) is 5.69 Å². The van der Waals surface area contributed by atoms with Gasteiger partial charge in [-0.2, -0.15) is 4.31 Å². The minimum Gasteiger partial charge on any atom is -0.345 e. The van der Waals surface area contributed by atoms with Crippen molar-refractivity contribution in [2.75, 3.05) is 44.2 Å². The molecule has 2 aliphatic rings. The zero-order valence-corrected chi connectivity index (χ0v) is 20.9. The van der Waals surface area contributed by atoms with Gasteiger partial charge in [-0.3, -0.25) is 14.9 Å². The van der Waals surface area contributed by atoms with Crippen LogP contribution in [0.25, 0.3) is 10.2 Å². The van der Waals surface area contributed by atoms with Gasteiger partial charge in [-0.05, 0) is 43.2 Å². The predicted molar refractivity (Wildman–Crippen MR) is 133 cm³/mol. The number of nitro groups is 1. The van der Waals surface area contributed by atoms with E-state index in [1.165, 1.54) is 39.9 Å². The molecule has 2 saturated heterocycles. The monoisotopic (exact) mass is 533 g/mol. The number of amides is 1. The van der Waals surface area contributed by atoms with Crippen molar-refractivity contribution in [2.24, 2.45) is 5.92 Å². The molecule has 0 unspecified atom stereocenters. The van der Waals surface area contributed by atoms with Crippen LogP contribution in [0.3, 0.4) is 0 Å². The highest BCUT2D eigenvalue weighted by Gasteiger charge is 2.35. The Bertz CT molecular complexity index is 1400. The fourth-order valence-electron chi connectivity index (χ4n) is 4.63. The molecule has 1 aromatic heterocycles. The number of thiazole rings is 1. The van der Waals surface area contributed by atoms with Crippen LogP contribution >= 0.6 is 11.3 Å². The third-order valence-electron chi connectivity index (χ3n) is 6.69. The van der Waals surface area contributed by atoms with Crippen LogP contribution in [0.15, 0.2) is 47.4 Å². The molecule has 0 spiro atoms. The Morgan fingerprint density at radius 3 is 2.33 bits per heavy atom. The number of carbonyl (C=O) groups excluding carboxylic acids is 1. The van der Waals surface area contributed by atoms with E-state index >= 15 is 0 Å². The maximum absolute atomic E-state index is 13.2. The van der Waals surface area contributed by atoms with Gasteiger partial charge >= 0.3 is 0 Å². The van der Waals surface area contributed by atoms with Crippen LogP contribution in [0.5, 0.6) is 0 Å². The van der Waals surface area contributed by atoms with Gasteiger partial charge in [0.15, 0.2) is 5.13 Å². The summed E-state index contributed by atoms with van der Waals surface area (Å²) in [6.07, 6.45) is 0.881. The normalized spacial score (nSPS) is 18.0. The molecule has 1 amide bonds. The van der Waals surface area contributed by atoms with Crippen molar-refractivity contribution in [2.45, 2.75) is 17.7 Å². The van der Waals surface area contributed by atoms with Gasteiger partial charge in [0.1, 0.15) is 5.82 Å². The third-order valence-corrected chi connectivity index (χ3v) is 9.68. The van der Waals surface area contributed by atoms with Gasteiger partial charge in [0.05, 0.1) is 20.0 Å². The van der Waals surface area contributed by atoms with E-state index in [9.17, 15) is 27.7 Å². The molecule has 0 N–H and O–H groups in total. The first-order valence-electron chi connectivity index (χ1n) is 11.6. The summed E-state index contributed by atoms with van der Waals surface area (Å²) in [6, 6.07) is 9.39. The number of hydrogen-bond donors (Lipinski definition) is 0. The molecule has 5 rings (SSSR count). The quantitative estimate of drug-likeness (QED) is 0.365. The van der Waals surface area contributed by atoms with Crippen molar-refractivity contribution < 1.29 is 22.5 Å². The molecule has 0 atom stereocenters. The number of nitro benzene ring substituents is 1. The molecule has 3 heterocycles. The number of piperazine rings is 1. The summed E-state index contributed by atoms with van der Waals surface area (Å²) < 4.78 is 40.9. The topological polar surface area (TPSA) is 117 Å². The highest BCUT2D eigenvalue weighted by atomic mass is 32.2. The second kappa shape index (κ2) is 9.71. The first-order chi connectivity index (χ1) is 17.2. The molecule has 190 valence electrons. The lowest BCUT2D eigenvalue weighted by Gasteiger charge is -2.38. The second-order valence-electron chi connectivity index (χ2n) is 8.85. The molecular weight excluding hydrogens is 509 g/mol. The molecule has 3 aromatic rings. The van der Waals surface area contributed by atoms with Crippen molar-refractivity contribution in [3.8, 4) is 0 Å². The van der Waals surface area contributed by atoms with Gasteiger partial charge in [0, 0.05) is 57.3 Å². The minimum absolute atomic E-state index is 0.0321. The van der Waals surface area contributed by atoms with E-state index in [0.29, 0.717) is 44.5 Å². The number of anilines is 1. The average Bonchev–Trinajstić information content (AvgIpc) is 3.32. The molecule has 13 heteroatoms. The van der Waals surface area contributed by atoms with E-state index < -0.39 is 20.8 Å². The van der Waals surface area contributed by atoms with Crippen LogP contribution in [0.4, 0.5) is 15.2 Å². The van der Waals surface area contributed by atoms with Crippen molar-refractivity contribution in [1.29, 1.82) is 0 Å². The summed E-state index contributed by atoms with van der Waals surface area (Å²) in [5.74, 6) is -0.696. The molecule has 0 bridgehead atoms. The van der Waals surface area contributed by atoms with Crippen LogP contribution in [-0.4, -0.2) is 72.7 Å². The van der Waals surface area contributed by atoms with E-state index in [1.807, 2.05) is 4.90 Å².